The minimum absolute atomic E-state index is 0.187. The van der Waals surface area contributed by atoms with Gasteiger partial charge in [0.1, 0.15) is 5.75 Å². The average Bonchev–Trinajstić information content (AvgIpc) is 2.74. The Hall–Kier alpha value is -1.42. The molecule has 0 aliphatic carbocycles. The molecule has 2 aliphatic rings. The van der Waals surface area contributed by atoms with Crippen LogP contribution in [-0.4, -0.2) is 24.9 Å². The summed E-state index contributed by atoms with van der Waals surface area (Å²) >= 11 is 0. The normalized spacial score (nSPS) is 23.4. The van der Waals surface area contributed by atoms with Crippen molar-refractivity contribution in [3.63, 3.8) is 0 Å². The second-order valence-corrected chi connectivity index (χ2v) is 4.53. The van der Waals surface area contributed by atoms with Crippen LogP contribution < -0.4 is 14.8 Å². The lowest BCUT2D eigenvalue weighted by molar-refractivity contribution is 0.295. The highest BCUT2D eigenvalue weighted by atomic mass is 16.5. The predicted octanol–water partition coefficient (Wildman–Crippen LogP) is 1.98. The lowest BCUT2D eigenvalue weighted by Crippen LogP contribution is -2.14. The van der Waals surface area contributed by atoms with Crippen LogP contribution in [0.15, 0.2) is 12.1 Å². The molecule has 1 atom stereocenters. The highest BCUT2D eigenvalue weighted by Gasteiger charge is 2.26. The maximum atomic E-state index is 10.0. The van der Waals surface area contributed by atoms with Gasteiger partial charge < -0.3 is 19.9 Å². The number of nitrogens with one attached hydrogen (secondary N) is 1. The number of aromatic hydroxyl groups is 1. The monoisotopic (exact) mass is 235 g/mol. The molecule has 0 saturated carbocycles. The fourth-order valence-corrected chi connectivity index (χ4v) is 2.51. The fourth-order valence-electron chi connectivity index (χ4n) is 2.51. The Morgan fingerprint density at radius 3 is 2.88 bits per heavy atom. The quantitative estimate of drug-likeness (QED) is 0.781. The topological polar surface area (TPSA) is 50.7 Å². The molecule has 0 bridgehead atoms. The second kappa shape index (κ2) is 4.45. The third-order valence-corrected chi connectivity index (χ3v) is 3.34. The van der Waals surface area contributed by atoms with Gasteiger partial charge in [-0.2, -0.15) is 0 Å². The molecule has 1 aromatic rings. The number of hydrogen-bond acceptors (Lipinski definition) is 4. The van der Waals surface area contributed by atoms with Crippen molar-refractivity contribution in [2.24, 2.45) is 0 Å². The smallest absolute Gasteiger partial charge is 0.169 e. The van der Waals surface area contributed by atoms with E-state index in [1.165, 1.54) is 0 Å². The summed E-state index contributed by atoms with van der Waals surface area (Å²) in [5.74, 6) is 1.78. The van der Waals surface area contributed by atoms with Crippen molar-refractivity contribution in [2.45, 2.75) is 25.3 Å². The van der Waals surface area contributed by atoms with Crippen molar-refractivity contribution in [3.8, 4) is 17.2 Å². The van der Waals surface area contributed by atoms with Gasteiger partial charge in [-0.25, -0.2) is 0 Å². The number of phenols is 1. The van der Waals surface area contributed by atoms with E-state index in [-0.39, 0.29) is 6.04 Å². The summed E-state index contributed by atoms with van der Waals surface area (Å²) in [5.41, 5.74) is 0.863. The molecule has 1 fully saturated rings. The van der Waals surface area contributed by atoms with E-state index >= 15 is 0 Å². The zero-order valence-corrected chi connectivity index (χ0v) is 9.74. The Morgan fingerprint density at radius 2 is 2.06 bits per heavy atom. The van der Waals surface area contributed by atoms with Crippen LogP contribution in [0.1, 0.15) is 30.9 Å². The summed E-state index contributed by atoms with van der Waals surface area (Å²) in [6, 6.07) is 3.67. The van der Waals surface area contributed by atoms with Crippen molar-refractivity contribution in [3.05, 3.63) is 17.7 Å². The van der Waals surface area contributed by atoms with Crippen molar-refractivity contribution in [1.82, 2.24) is 5.32 Å². The summed E-state index contributed by atoms with van der Waals surface area (Å²) in [6.45, 7) is 2.32. The van der Waals surface area contributed by atoms with E-state index in [1.54, 1.807) is 12.1 Å². The zero-order chi connectivity index (χ0) is 11.7. The summed E-state index contributed by atoms with van der Waals surface area (Å²) in [4.78, 5) is 0. The van der Waals surface area contributed by atoms with Crippen LogP contribution >= 0.6 is 0 Å². The van der Waals surface area contributed by atoms with Crippen molar-refractivity contribution < 1.29 is 14.6 Å². The molecule has 0 aromatic heterocycles. The van der Waals surface area contributed by atoms with Gasteiger partial charge in [0, 0.05) is 12.5 Å². The van der Waals surface area contributed by atoms with E-state index < -0.39 is 0 Å². The molecule has 2 N–H and O–H groups in total. The number of rotatable bonds is 1. The first-order valence-electron chi connectivity index (χ1n) is 6.21. The third-order valence-electron chi connectivity index (χ3n) is 3.34. The average molecular weight is 235 g/mol. The molecule has 1 saturated heterocycles. The standard InChI is InChI=1S/C13H17NO3/c15-10-4-5-11-13(17-8-2-7-16-11)12(10)9-3-1-6-14-9/h4-5,9,14-15H,1-3,6-8H2. The largest absolute Gasteiger partial charge is 0.507 e. The molecule has 4 heteroatoms. The molecule has 0 amide bonds. The summed E-state index contributed by atoms with van der Waals surface area (Å²) in [6.07, 6.45) is 3.05. The maximum absolute atomic E-state index is 10.0. The Bertz CT molecular complexity index is 413. The Labute approximate surface area is 101 Å². The summed E-state index contributed by atoms with van der Waals surface area (Å²) in [5, 5.41) is 13.4. The number of benzene rings is 1. The third kappa shape index (κ3) is 1.93. The Balaban J connectivity index is 2.05. The highest BCUT2D eigenvalue weighted by molar-refractivity contribution is 5.55. The van der Waals surface area contributed by atoms with Crippen LogP contribution in [0.25, 0.3) is 0 Å². The van der Waals surface area contributed by atoms with Crippen LogP contribution in [-0.2, 0) is 0 Å². The van der Waals surface area contributed by atoms with E-state index in [1.807, 2.05) is 0 Å². The van der Waals surface area contributed by atoms with Gasteiger partial charge in [0.25, 0.3) is 0 Å². The van der Waals surface area contributed by atoms with Crippen LogP contribution in [0.3, 0.4) is 0 Å². The maximum Gasteiger partial charge on any atom is 0.169 e. The molecule has 17 heavy (non-hydrogen) atoms. The molecular formula is C13H17NO3. The van der Waals surface area contributed by atoms with Crippen molar-refractivity contribution in [1.29, 1.82) is 0 Å². The molecule has 1 aromatic carbocycles. The van der Waals surface area contributed by atoms with Crippen LogP contribution in [0.5, 0.6) is 17.2 Å². The first-order chi connectivity index (χ1) is 8.36. The van der Waals surface area contributed by atoms with Gasteiger partial charge in [-0.05, 0) is 31.5 Å². The fraction of sp³-hybridized carbons (Fsp3) is 0.538. The molecule has 2 aliphatic heterocycles. The lowest BCUT2D eigenvalue weighted by Gasteiger charge is -2.18. The number of phenolic OH excluding ortho intramolecular Hbond substituents is 1. The van der Waals surface area contributed by atoms with Gasteiger partial charge in [0.15, 0.2) is 11.5 Å². The van der Waals surface area contributed by atoms with Crippen LogP contribution in [0.2, 0.25) is 0 Å². The predicted molar refractivity (Wildman–Crippen MR) is 63.7 cm³/mol. The van der Waals surface area contributed by atoms with Crippen molar-refractivity contribution >= 4 is 0 Å². The molecule has 1 unspecified atom stereocenters. The second-order valence-electron chi connectivity index (χ2n) is 4.53. The molecule has 3 rings (SSSR count). The van der Waals surface area contributed by atoms with Crippen molar-refractivity contribution in [2.75, 3.05) is 19.8 Å². The first kappa shape index (κ1) is 10.7. The van der Waals surface area contributed by atoms with Gasteiger partial charge in [0.2, 0.25) is 0 Å². The van der Waals surface area contributed by atoms with E-state index in [9.17, 15) is 5.11 Å². The summed E-state index contributed by atoms with van der Waals surface area (Å²) < 4.78 is 11.4. The molecule has 0 radical (unpaired) electrons. The Morgan fingerprint density at radius 1 is 1.18 bits per heavy atom. The van der Waals surface area contributed by atoms with Crippen LogP contribution in [0, 0.1) is 0 Å². The van der Waals surface area contributed by atoms with Gasteiger partial charge in [-0.15, -0.1) is 0 Å². The number of fused-ring (bicyclic) bond motifs is 1. The minimum Gasteiger partial charge on any atom is -0.507 e. The van der Waals surface area contributed by atoms with Gasteiger partial charge >= 0.3 is 0 Å². The molecule has 4 nitrogen and oxygen atoms in total. The van der Waals surface area contributed by atoms with Crippen LogP contribution in [0.4, 0.5) is 0 Å². The van der Waals surface area contributed by atoms with E-state index in [4.69, 9.17) is 9.47 Å². The number of hydrogen-bond donors (Lipinski definition) is 2. The van der Waals surface area contributed by atoms with E-state index in [0.717, 1.165) is 42.9 Å². The zero-order valence-electron chi connectivity index (χ0n) is 9.74. The molecule has 92 valence electrons. The highest BCUT2D eigenvalue weighted by Crippen LogP contribution is 2.44. The minimum atomic E-state index is 0.187. The SMILES string of the molecule is Oc1ccc2c(c1C1CCCN1)OCCCO2. The Kier molecular flexibility index (Phi) is 2.81. The first-order valence-corrected chi connectivity index (χ1v) is 6.21. The lowest BCUT2D eigenvalue weighted by atomic mass is 10.0. The van der Waals surface area contributed by atoms with Gasteiger partial charge in [0.05, 0.1) is 18.8 Å². The molecule has 2 heterocycles. The van der Waals surface area contributed by atoms with E-state index in [2.05, 4.69) is 5.32 Å². The summed E-state index contributed by atoms with van der Waals surface area (Å²) in [7, 11) is 0. The van der Waals surface area contributed by atoms with Gasteiger partial charge in [-0.1, -0.05) is 0 Å². The van der Waals surface area contributed by atoms with Gasteiger partial charge in [-0.3, -0.25) is 0 Å². The van der Waals surface area contributed by atoms with E-state index in [0.29, 0.717) is 19.0 Å². The molecule has 0 spiro atoms. The number of ether oxygens (including phenoxy) is 2. The molecular weight excluding hydrogens is 218 g/mol.